The van der Waals surface area contributed by atoms with Gasteiger partial charge in [-0.25, -0.2) is 0 Å². The van der Waals surface area contributed by atoms with Gasteiger partial charge in [0.25, 0.3) is 0 Å². The van der Waals surface area contributed by atoms with Crippen molar-refractivity contribution in [3.05, 3.63) is 71.8 Å². The van der Waals surface area contributed by atoms with Crippen LogP contribution in [0.25, 0.3) is 0 Å². The quantitative estimate of drug-likeness (QED) is 0.424. The maximum Gasteiger partial charge on any atom is 0.244 e. The predicted molar refractivity (Wildman–Crippen MR) is 95.5 cm³/mol. The Morgan fingerprint density at radius 1 is 0.875 bits per heavy atom. The number of benzene rings is 2. The molecule has 0 aliphatic carbocycles. The van der Waals surface area contributed by atoms with Crippen LogP contribution in [0.1, 0.15) is 31.4 Å². The minimum Gasteiger partial charge on any atom is -0.290 e. The SMILES string of the molecule is CCC(=O)C(=O)/C(C)=N/N(Cc1ccccc1)Cc1ccccc1. The highest BCUT2D eigenvalue weighted by Crippen LogP contribution is 2.11. The summed E-state index contributed by atoms with van der Waals surface area (Å²) in [4.78, 5) is 23.6. The van der Waals surface area contributed by atoms with Gasteiger partial charge in [-0.2, -0.15) is 5.10 Å². The predicted octanol–water partition coefficient (Wildman–Crippen LogP) is 3.61. The van der Waals surface area contributed by atoms with E-state index in [1.54, 1.807) is 13.8 Å². The molecule has 2 aromatic carbocycles. The fraction of sp³-hybridized carbons (Fsp3) is 0.250. The van der Waals surface area contributed by atoms with Gasteiger partial charge in [0.05, 0.1) is 13.1 Å². The van der Waals surface area contributed by atoms with Crippen molar-refractivity contribution in [2.24, 2.45) is 5.10 Å². The molecule has 0 fully saturated rings. The largest absolute Gasteiger partial charge is 0.290 e. The summed E-state index contributed by atoms with van der Waals surface area (Å²) in [5.74, 6) is -0.917. The number of hydrogen-bond donors (Lipinski definition) is 0. The smallest absolute Gasteiger partial charge is 0.244 e. The Morgan fingerprint density at radius 2 is 1.33 bits per heavy atom. The summed E-state index contributed by atoms with van der Waals surface area (Å²) in [7, 11) is 0. The van der Waals surface area contributed by atoms with E-state index < -0.39 is 11.6 Å². The molecule has 0 N–H and O–H groups in total. The molecule has 0 saturated heterocycles. The summed E-state index contributed by atoms with van der Waals surface area (Å²) in [5, 5.41) is 6.24. The zero-order valence-corrected chi connectivity index (χ0v) is 14.1. The molecule has 0 aliphatic rings. The van der Waals surface area contributed by atoms with Gasteiger partial charge in [-0.3, -0.25) is 14.6 Å². The highest BCUT2D eigenvalue weighted by molar-refractivity contribution is 6.64. The lowest BCUT2D eigenvalue weighted by molar-refractivity contribution is -0.132. The number of hydrogen-bond acceptors (Lipinski definition) is 4. The van der Waals surface area contributed by atoms with Crippen LogP contribution in [0.5, 0.6) is 0 Å². The number of Topliss-reactive ketones (excluding diaryl/α,β-unsaturated/α-hetero) is 2. The molecule has 0 amide bonds. The van der Waals surface area contributed by atoms with E-state index >= 15 is 0 Å². The number of carbonyl (C=O) groups excluding carboxylic acids is 2. The highest BCUT2D eigenvalue weighted by Gasteiger charge is 2.16. The van der Waals surface area contributed by atoms with Crippen LogP contribution < -0.4 is 0 Å². The second kappa shape index (κ2) is 8.77. The van der Waals surface area contributed by atoms with Gasteiger partial charge in [0.15, 0.2) is 0 Å². The molecule has 24 heavy (non-hydrogen) atoms. The molecule has 2 aromatic rings. The van der Waals surface area contributed by atoms with E-state index in [4.69, 9.17) is 0 Å². The van der Waals surface area contributed by atoms with Crippen molar-refractivity contribution in [3.63, 3.8) is 0 Å². The van der Waals surface area contributed by atoms with E-state index in [1.807, 2.05) is 65.7 Å². The van der Waals surface area contributed by atoms with Crippen molar-refractivity contribution < 1.29 is 9.59 Å². The maximum atomic E-state index is 12.0. The first-order chi connectivity index (χ1) is 11.6. The summed E-state index contributed by atoms with van der Waals surface area (Å²) in [5.41, 5.74) is 2.42. The van der Waals surface area contributed by atoms with E-state index in [2.05, 4.69) is 5.10 Å². The summed E-state index contributed by atoms with van der Waals surface area (Å²) < 4.78 is 0. The lowest BCUT2D eigenvalue weighted by atomic mass is 10.1. The molecule has 0 aliphatic heterocycles. The van der Waals surface area contributed by atoms with Gasteiger partial charge in [-0.15, -0.1) is 0 Å². The van der Waals surface area contributed by atoms with Crippen LogP contribution >= 0.6 is 0 Å². The minimum absolute atomic E-state index is 0.197. The van der Waals surface area contributed by atoms with Crippen molar-refractivity contribution in [3.8, 4) is 0 Å². The van der Waals surface area contributed by atoms with Crippen LogP contribution in [0.15, 0.2) is 65.8 Å². The first kappa shape index (κ1) is 17.6. The molecule has 4 heteroatoms. The number of rotatable bonds is 8. The van der Waals surface area contributed by atoms with Crippen LogP contribution in [-0.4, -0.2) is 22.3 Å². The van der Waals surface area contributed by atoms with Crippen molar-refractivity contribution in [2.45, 2.75) is 33.4 Å². The molecular formula is C20H22N2O2. The molecule has 0 unspecified atom stereocenters. The molecule has 0 heterocycles. The Kier molecular flexibility index (Phi) is 6.43. The molecule has 0 bridgehead atoms. The summed E-state index contributed by atoms with van der Waals surface area (Å²) >= 11 is 0. The number of nitrogens with zero attached hydrogens (tertiary/aromatic N) is 2. The molecule has 4 nitrogen and oxygen atoms in total. The van der Waals surface area contributed by atoms with E-state index in [-0.39, 0.29) is 12.1 Å². The van der Waals surface area contributed by atoms with Crippen LogP contribution in [0, 0.1) is 0 Å². The molecule has 0 radical (unpaired) electrons. The third kappa shape index (κ3) is 5.16. The van der Waals surface area contributed by atoms with Crippen molar-refractivity contribution in [1.29, 1.82) is 0 Å². The van der Waals surface area contributed by atoms with Gasteiger partial charge in [0.2, 0.25) is 11.6 Å². The van der Waals surface area contributed by atoms with Gasteiger partial charge in [-0.05, 0) is 18.1 Å². The second-order valence-electron chi connectivity index (χ2n) is 5.59. The molecule has 0 spiro atoms. The fourth-order valence-corrected chi connectivity index (χ4v) is 2.33. The summed E-state index contributed by atoms with van der Waals surface area (Å²) in [6, 6.07) is 19.9. The molecule has 0 saturated carbocycles. The number of ketones is 2. The Hall–Kier alpha value is -2.75. The Morgan fingerprint density at radius 3 is 1.75 bits per heavy atom. The average Bonchev–Trinajstić information content (AvgIpc) is 2.62. The van der Waals surface area contributed by atoms with Crippen LogP contribution in [0.3, 0.4) is 0 Å². The number of hydrazone groups is 1. The lowest BCUT2D eigenvalue weighted by Crippen LogP contribution is -2.25. The first-order valence-electron chi connectivity index (χ1n) is 8.05. The topological polar surface area (TPSA) is 49.7 Å². The Labute approximate surface area is 142 Å². The van der Waals surface area contributed by atoms with Crippen LogP contribution in [0.2, 0.25) is 0 Å². The van der Waals surface area contributed by atoms with Crippen LogP contribution in [-0.2, 0) is 22.7 Å². The fourth-order valence-electron chi connectivity index (χ4n) is 2.33. The third-order valence-corrected chi connectivity index (χ3v) is 3.61. The van der Waals surface area contributed by atoms with E-state index in [0.29, 0.717) is 13.1 Å². The van der Waals surface area contributed by atoms with Gasteiger partial charge in [0, 0.05) is 6.42 Å². The Balaban J connectivity index is 2.21. The first-order valence-corrected chi connectivity index (χ1v) is 8.05. The zero-order valence-electron chi connectivity index (χ0n) is 14.1. The highest BCUT2D eigenvalue weighted by atomic mass is 16.2. The molecular weight excluding hydrogens is 300 g/mol. The molecule has 0 aromatic heterocycles. The normalized spacial score (nSPS) is 11.2. The zero-order chi connectivity index (χ0) is 17.4. The molecule has 124 valence electrons. The van der Waals surface area contributed by atoms with E-state index in [1.165, 1.54) is 0 Å². The van der Waals surface area contributed by atoms with Crippen molar-refractivity contribution in [2.75, 3.05) is 0 Å². The standard InChI is InChI=1S/C20H22N2O2/c1-3-19(23)20(24)16(2)21-22(14-17-10-6-4-7-11-17)15-18-12-8-5-9-13-18/h4-13H,3,14-15H2,1-2H3/b21-16+. The van der Waals surface area contributed by atoms with Gasteiger partial charge in [-0.1, -0.05) is 67.6 Å². The van der Waals surface area contributed by atoms with Crippen molar-refractivity contribution in [1.82, 2.24) is 5.01 Å². The van der Waals surface area contributed by atoms with Gasteiger partial charge < -0.3 is 0 Å². The molecule has 2 rings (SSSR count). The van der Waals surface area contributed by atoms with Gasteiger partial charge in [0.1, 0.15) is 5.71 Å². The van der Waals surface area contributed by atoms with Crippen molar-refractivity contribution >= 4 is 17.3 Å². The maximum absolute atomic E-state index is 12.0. The molecule has 0 atom stereocenters. The average molecular weight is 322 g/mol. The van der Waals surface area contributed by atoms with E-state index in [9.17, 15) is 9.59 Å². The lowest BCUT2D eigenvalue weighted by Gasteiger charge is -2.20. The second-order valence-corrected chi connectivity index (χ2v) is 5.59. The summed E-state index contributed by atoms with van der Waals surface area (Å²) in [6.07, 6.45) is 0.197. The number of carbonyl (C=O) groups is 2. The van der Waals surface area contributed by atoms with Gasteiger partial charge >= 0.3 is 0 Å². The minimum atomic E-state index is -0.511. The van der Waals surface area contributed by atoms with E-state index in [0.717, 1.165) is 11.1 Å². The Bertz CT molecular complexity index is 667. The van der Waals surface area contributed by atoms with Crippen LogP contribution in [0.4, 0.5) is 0 Å². The summed E-state index contributed by atoms with van der Waals surface area (Å²) in [6.45, 7) is 4.42. The monoisotopic (exact) mass is 322 g/mol. The third-order valence-electron chi connectivity index (χ3n) is 3.61.